The Bertz CT molecular complexity index is 1210. The molecule has 1 aliphatic carbocycles. The zero-order chi connectivity index (χ0) is 22.9. The molecule has 33 heavy (non-hydrogen) atoms. The number of amides is 1. The van der Waals surface area contributed by atoms with Gasteiger partial charge in [-0.2, -0.15) is 0 Å². The van der Waals surface area contributed by atoms with Gasteiger partial charge in [-0.05, 0) is 43.9 Å². The number of ketones is 1. The summed E-state index contributed by atoms with van der Waals surface area (Å²) in [7, 11) is 0. The predicted molar refractivity (Wildman–Crippen MR) is 128 cm³/mol. The number of carbonyl (C=O) groups excluding carboxylic acids is 1. The SMILES string of the molecule is O=C(O)NC1CCN(c2ncc(Nc3c(C(=O)C4CC4)cnc4ccc(Br)cc34)cn2)CC1. The highest BCUT2D eigenvalue weighted by Crippen LogP contribution is 2.38. The smallest absolute Gasteiger partial charge is 0.404 e. The van der Waals surface area contributed by atoms with Gasteiger partial charge in [0.25, 0.3) is 0 Å². The van der Waals surface area contributed by atoms with Gasteiger partial charge in [-0.25, -0.2) is 14.8 Å². The number of pyridine rings is 1. The minimum atomic E-state index is -0.990. The Morgan fingerprint density at radius 3 is 2.42 bits per heavy atom. The van der Waals surface area contributed by atoms with E-state index in [9.17, 15) is 9.59 Å². The fourth-order valence-corrected chi connectivity index (χ4v) is 4.50. The van der Waals surface area contributed by atoms with Gasteiger partial charge in [0.1, 0.15) is 0 Å². The molecule has 0 atom stereocenters. The number of nitrogens with one attached hydrogen (secondary N) is 2. The molecular weight excluding hydrogens is 488 g/mol. The van der Waals surface area contributed by atoms with Crippen molar-refractivity contribution < 1.29 is 14.7 Å². The molecule has 1 aromatic carbocycles. The summed E-state index contributed by atoms with van der Waals surface area (Å²) in [5, 5.41) is 15.6. The van der Waals surface area contributed by atoms with Gasteiger partial charge in [0.05, 0.1) is 34.8 Å². The second-order valence-electron chi connectivity index (χ2n) is 8.45. The Balaban J connectivity index is 1.37. The number of hydrogen-bond acceptors (Lipinski definition) is 7. The molecule has 0 bridgehead atoms. The van der Waals surface area contributed by atoms with Crippen molar-refractivity contribution in [3.63, 3.8) is 0 Å². The lowest BCUT2D eigenvalue weighted by molar-refractivity contribution is 0.0968. The Hall–Kier alpha value is -3.27. The maximum absolute atomic E-state index is 12.9. The van der Waals surface area contributed by atoms with Crippen LogP contribution in [0.5, 0.6) is 0 Å². The molecule has 2 aromatic heterocycles. The van der Waals surface area contributed by atoms with Gasteiger partial charge in [0.2, 0.25) is 5.95 Å². The van der Waals surface area contributed by atoms with Crippen molar-refractivity contribution in [3.05, 3.63) is 46.8 Å². The Morgan fingerprint density at radius 2 is 1.76 bits per heavy atom. The number of Topliss-reactive ketones (excluding diaryl/α,β-unsaturated/α-hetero) is 1. The monoisotopic (exact) mass is 510 g/mol. The molecule has 2 aliphatic rings. The number of rotatable bonds is 6. The van der Waals surface area contributed by atoms with Crippen molar-refractivity contribution in [1.82, 2.24) is 20.3 Å². The summed E-state index contributed by atoms with van der Waals surface area (Å²) >= 11 is 3.52. The summed E-state index contributed by atoms with van der Waals surface area (Å²) in [6.45, 7) is 1.36. The molecule has 170 valence electrons. The lowest BCUT2D eigenvalue weighted by Gasteiger charge is -2.31. The van der Waals surface area contributed by atoms with E-state index in [4.69, 9.17) is 5.11 Å². The quantitative estimate of drug-likeness (QED) is 0.418. The van der Waals surface area contributed by atoms with Gasteiger partial charge in [-0.1, -0.05) is 15.9 Å². The summed E-state index contributed by atoms with van der Waals surface area (Å²) in [4.78, 5) is 39.3. The first-order valence-corrected chi connectivity index (χ1v) is 11.7. The van der Waals surface area contributed by atoms with E-state index in [1.165, 1.54) is 0 Å². The third-order valence-electron chi connectivity index (χ3n) is 6.06. The number of anilines is 3. The van der Waals surface area contributed by atoms with Gasteiger partial charge < -0.3 is 20.6 Å². The molecule has 3 heterocycles. The van der Waals surface area contributed by atoms with Gasteiger partial charge in [0, 0.05) is 41.1 Å². The number of nitrogens with zero attached hydrogens (tertiary/aromatic N) is 4. The van der Waals surface area contributed by atoms with Gasteiger partial charge in [-0.3, -0.25) is 9.78 Å². The van der Waals surface area contributed by atoms with E-state index in [-0.39, 0.29) is 17.7 Å². The number of halogens is 1. The fourth-order valence-electron chi connectivity index (χ4n) is 4.14. The van der Waals surface area contributed by atoms with E-state index in [0.717, 1.165) is 33.9 Å². The van der Waals surface area contributed by atoms with Crippen LogP contribution in [0, 0.1) is 5.92 Å². The third kappa shape index (κ3) is 4.75. The van der Waals surface area contributed by atoms with Crippen LogP contribution in [0.2, 0.25) is 0 Å². The number of piperidine rings is 1. The first kappa shape index (κ1) is 21.6. The number of benzene rings is 1. The number of aromatic nitrogens is 3. The second-order valence-corrected chi connectivity index (χ2v) is 9.37. The molecule has 0 unspecified atom stereocenters. The van der Waals surface area contributed by atoms with Crippen LogP contribution in [-0.4, -0.2) is 51.1 Å². The van der Waals surface area contributed by atoms with Crippen LogP contribution in [0.1, 0.15) is 36.0 Å². The molecule has 0 radical (unpaired) electrons. The van der Waals surface area contributed by atoms with Crippen LogP contribution in [-0.2, 0) is 0 Å². The molecule has 9 nitrogen and oxygen atoms in total. The van der Waals surface area contributed by atoms with Crippen molar-refractivity contribution in [1.29, 1.82) is 0 Å². The number of hydrogen-bond donors (Lipinski definition) is 3. The van der Waals surface area contributed by atoms with Crippen LogP contribution in [0.3, 0.4) is 0 Å². The highest BCUT2D eigenvalue weighted by molar-refractivity contribution is 9.10. The van der Waals surface area contributed by atoms with Crippen LogP contribution < -0.4 is 15.5 Å². The molecule has 2 fully saturated rings. The third-order valence-corrected chi connectivity index (χ3v) is 6.55. The molecule has 1 saturated carbocycles. The zero-order valence-electron chi connectivity index (χ0n) is 17.8. The molecule has 5 rings (SSSR count). The number of fused-ring (bicyclic) bond motifs is 1. The maximum Gasteiger partial charge on any atom is 0.404 e. The molecule has 1 aliphatic heterocycles. The van der Waals surface area contributed by atoms with Crippen LogP contribution >= 0.6 is 15.9 Å². The van der Waals surface area contributed by atoms with Crippen molar-refractivity contribution >= 4 is 56.0 Å². The Labute approximate surface area is 198 Å². The first-order valence-electron chi connectivity index (χ1n) is 10.9. The molecule has 0 spiro atoms. The lowest BCUT2D eigenvalue weighted by atomic mass is 10.0. The van der Waals surface area contributed by atoms with Crippen molar-refractivity contribution in [2.45, 2.75) is 31.7 Å². The maximum atomic E-state index is 12.9. The van der Waals surface area contributed by atoms with Crippen molar-refractivity contribution in [3.8, 4) is 0 Å². The molecule has 1 amide bonds. The standard InChI is InChI=1S/C23H23BrN6O3/c24-14-3-4-19-17(9-14)20(18(12-25-19)21(31)13-1-2-13)28-16-10-26-22(27-11-16)30-7-5-15(6-8-30)29-23(32)33/h3-4,9-13,15,29H,1-2,5-8H2,(H,25,28)(H,32,33). The summed E-state index contributed by atoms with van der Waals surface area (Å²) in [5.74, 6) is 0.794. The molecule has 3 aromatic rings. The van der Waals surface area contributed by atoms with Crippen LogP contribution in [0.25, 0.3) is 10.9 Å². The highest BCUT2D eigenvalue weighted by atomic mass is 79.9. The van der Waals surface area contributed by atoms with Gasteiger partial charge in [0.15, 0.2) is 5.78 Å². The minimum absolute atomic E-state index is 0.0404. The van der Waals surface area contributed by atoms with Gasteiger partial charge in [-0.15, -0.1) is 0 Å². The van der Waals surface area contributed by atoms with Crippen LogP contribution in [0.15, 0.2) is 41.3 Å². The van der Waals surface area contributed by atoms with E-state index in [1.807, 2.05) is 23.1 Å². The van der Waals surface area contributed by atoms with E-state index < -0.39 is 6.09 Å². The normalized spacial score (nSPS) is 16.6. The Morgan fingerprint density at radius 1 is 1.03 bits per heavy atom. The molecule has 1 saturated heterocycles. The van der Waals surface area contributed by atoms with Gasteiger partial charge >= 0.3 is 6.09 Å². The highest BCUT2D eigenvalue weighted by Gasteiger charge is 2.32. The topological polar surface area (TPSA) is 120 Å². The summed E-state index contributed by atoms with van der Waals surface area (Å²) in [5.41, 5.74) is 2.78. The average Bonchev–Trinajstić information content (AvgIpc) is 3.65. The zero-order valence-corrected chi connectivity index (χ0v) is 19.4. The predicted octanol–water partition coefficient (Wildman–Crippen LogP) is 4.36. The fraction of sp³-hybridized carbons (Fsp3) is 0.348. The number of carboxylic acid groups (broad SMARTS) is 1. The average molecular weight is 511 g/mol. The van der Waals surface area contributed by atoms with E-state index in [1.54, 1.807) is 18.6 Å². The second kappa shape index (κ2) is 8.93. The van der Waals surface area contributed by atoms with Crippen molar-refractivity contribution in [2.75, 3.05) is 23.3 Å². The van der Waals surface area contributed by atoms with Crippen molar-refractivity contribution in [2.24, 2.45) is 5.92 Å². The summed E-state index contributed by atoms with van der Waals surface area (Å²) in [6.07, 6.45) is 7.34. The minimum Gasteiger partial charge on any atom is -0.465 e. The first-order chi connectivity index (χ1) is 16.0. The summed E-state index contributed by atoms with van der Waals surface area (Å²) in [6, 6.07) is 5.76. The molecule has 10 heteroatoms. The van der Waals surface area contributed by atoms with E-state index in [0.29, 0.717) is 43.1 Å². The molecular formula is C23H23BrN6O3. The summed E-state index contributed by atoms with van der Waals surface area (Å²) < 4.78 is 0.906. The Kier molecular flexibility index (Phi) is 5.84. The molecule has 3 N–H and O–H groups in total. The van der Waals surface area contributed by atoms with E-state index in [2.05, 4.69) is 41.5 Å². The van der Waals surface area contributed by atoms with E-state index >= 15 is 0 Å². The number of carbonyl (C=O) groups is 2. The van der Waals surface area contributed by atoms with Crippen LogP contribution in [0.4, 0.5) is 22.1 Å². The largest absolute Gasteiger partial charge is 0.465 e. The lowest BCUT2D eigenvalue weighted by Crippen LogP contribution is -2.44.